The van der Waals surface area contributed by atoms with Crippen molar-refractivity contribution in [1.82, 2.24) is 4.90 Å². The van der Waals surface area contributed by atoms with Crippen LogP contribution < -0.4 is 0 Å². The number of hydrogen-bond acceptors (Lipinski definition) is 3. The van der Waals surface area contributed by atoms with Crippen LogP contribution in [-0.2, 0) is 16.1 Å². The first-order valence-corrected chi connectivity index (χ1v) is 7.15. The molecule has 0 unspecified atom stereocenters. The van der Waals surface area contributed by atoms with Crippen LogP contribution in [0.5, 0.6) is 0 Å². The quantitative estimate of drug-likeness (QED) is 0.802. The van der Waals surface area contributed by atoms with E-state index in [1.807, 2.05) is 31.2 Å². The van der Waals surface area contributed by atoms with Gasteiger partial charge in [0.1, 0.15) is 19.1 Å². The largest absolute Gasteiger partial charge is 0.445 e. The third-order valence-electron chi connectivity index (χ3n) is 3.82. The number of ether oxygens (including phenoxy) is 1. The standard InChI is InChI=1S/C16H20FNO3/c1-12-2-4-13(5-3-12)11-21-16(20)18-8-6-14(7-9-19)15(17)10-18/h2-5,9,14-15H,6-8,10-11H2,1H3/t14-,15+/m1/s1. The van der Waals surface area contributed by atoms with Crippen LogP contribution in [0.3, 0.4) is 0 Å². The number of benzene rings is 1. The number of carbonyl (C=O) groups excluding carboxylic acids is 2. The number of rotatable bonds is 4. The molecule has 1 aliphatic rings. The number of amides is 1. The van der Waals surface area contributed by atoms with Gasteiger partial charge < -0.3 is 14.4 Å². The van der Waals surface area contributed by atoms with Gasteiger partial charge in [0.25, 0.3) is 0 Å². The Morgan fingerprint density at radius 2 is 2.14 bits per heavy atom. The van der Waals surface area contributed by atoms with Gasteiger partial charge in [-0.05, 0) is 18.9 Å². The highest BCUT2D eigenvalue weighted by molar-refractivity contribution is 5.67. The van der Waals surface area contributed by atoms with Gasteiger partial charge in [0.15, 0.2) is 0 Å². The number of aldehydes is 1. The minimum atomic E-state index is -1.16. The van der Waals surface area contributed by atoms with Gasteiger partial charge in [0.2, 0.25) is 0 Å². The van der Waals surface area contributed by atoms with E-state index in [4.69, 9.17) is 4.74 Å². The first-order valence-electron chi connectivity index (χ1n) is 7.15. The fourth-order valence-electron chi connectivity index (χ4n) is 2.43. The molecule has 0 N–H and O–H groups in total. The predicted octanol–water partition coefficient (Wildman–Crippen LogP) is 2.88. The smallest absolute Gasteiger partial charge is 0.410 e. The highest BCUT2D eigenvalue weighted by Crippen LogP contribution is 2.23. The highest BCUT2D eigenvalue weighted by atomic mass is 19.1. The molecule has 5 heteroatoms. The van der Waals surface area contributed by atoms with Gasteiger partial charge >= 0.3 is 6.09 Å². The molecular weight excluding hydrogens is 273 g/mol. The first-order chi connectivity index (χ1) is 10.1. The van der Waals surface area contributed by atoms with E-state index in [1.54, 1.807) is 0 Å². The summed E-state index contributed by atoms with van der Waals surface area (Å²) in [6.07, 6.45) is -0.200. The zero-order chi connectivity index (χ0) is 15.2. The van der Waals surface area contributed by atoms with E-state index in [2.05, 4.69) is 0 Å². The second-order valence-electron chi connectivity index (χ2n) is 5.45. The second-order valence-corrected chi connectivity index (χ2v) is 5.45. The van der Waals surface area contributed by atoms with Crippen LogP contribution in [0.4, 0.5) is 9.18 Å². The Kier molecular flexibility index (Phi) is 5.31. The molecule has 0 aliphatic carbocycles. The number of aryl methyl sites for hydroxylation is 1. The molecule has 0 aromatic heterocycles. The Morgan fingerprint density at radius 1 is 1.43 bits per heavy atom. The Morgan fingerprint density at radius 3 is 2.76 bits per heavy atom. The average molecular weight is 293 g/mol. The van der Waals surface area contributed by atoms with E-state index in [0.717, 1.165) is 17.4 Å². The number of carbonyl (C=O) groups is 2. The summed E-state index contributed by atoms with van der Waals surface area (Å²) >= 11 is 0. The van der Waals surface area contributed by atoms with Gasteiger partial charge in [0, 0.05) is 18.9 Å². The Hall–Kier alpha value is -1.91. The normalized spacial score (nSPS) is 21.9. The molecule has 4 nitrogen and oxygen atoms in total. The molecular formula is C16H20FNO3. The second kappa shape index (κ2) is 7.20. The summed E-state index contributed by atoms with van der Waals surface area (Å²) < 4.78 is 19.0. The van der Waals surface area contributed by atoms with E-state index >= 15 is 0 Å². The SMILES string of the molecule is Cc1ccc(COC(=O)N2CC[C@H](CC=O)[C@@H](F)C2)cc1. The summed E-state index contributed by atoms with van der Waals surface area (Å²) in [5.41, 5.74) is 2.05. The van der Waals surface area contributed by atoms with Crippen LogP contribution >= 0.6 is 0 Å². The van der Waals surface area contributed by atoms with Crippen LogP contribution in [0.25, 0.3) is 0 Å². The van der Waals surface area contributed by atoms with Crippen molar-refractivity contribution >= 4 is 12.4 Å². The van der Waals surface area contributed by atoms with Crippen LogP contribution in [0.1, 0.15) is 24.0 Å². The number of hydrogen-bond donors (Lipinski definition) is 0. The summed E-state index contributed by atoms with van der Waals surface area (Å²) in [6, 6.07) is 7.70. The van der Waals surface area contributed by atoms with E-state index in [0.29, 0.717) is 13.0 Å². The van der Waals surface area contributed by atoms with Crippen LogP contribution in [0.2, 0.25) is 0 Å². The zero-order valence-electron chi connectivity index (χ0n) is 12.1. The average Bonchev–Trinajstić information content (AvgIpc) is 2.48. The topological polar surface area (TPSA) is 46.6 Å². The van der Waals surface area contributed by atoms with Crippen LogP contribution in [-0.4, -0.2) is 36.5 Å². The molecule has 1 amide bonds. The molecule has 1 fully saturated rings. The van der Waals surface area contributed by atoms with Crippen molar-refractivity contribution in [2.75, 3.05) is 13.1 Å². The van der Waals surface area contributed by atoms with Gasteiger partial charge in [0.05, 0.1) is 6.54 Å². The fourth-order valence-corrected chi connectivity index (χ4v) is 2.43. The number of halogens is 1. The zero-order valence-corrected chi connectivity index (χ0v) is 12.1. The van der Waals surface area contributed by atoms with E-state index < -0.39 is 12.3 Å². The number of piperidine rings is 1. The Bertz CT molecular complexity index is 489. The van der Waals surface area contributed by atoms with Crippen LogP contribution in [0.15, 0.2) is 24.3 Å². The molecule has 114 valence electrons. The predicted molar refractivity (Wildman–Crippen MR) is 76.6 cm³/mol. The molecule has 2 rings (SSSR count). The van der Waals surface area contributed by atoms with Gasteiger partial charge in [-0.15, -0.1) is 0 Å². The summed E-state index contributed by atoms with van der Waals surface area (Å²) in [6.45, 7) is 2.61. The molecule has 1 aromatic rings. The molecule has 0 spiro atoms. The molecule has 0 radical (unpaired) electrons. The van der Waals surface area contributed by atoms with Gasteiger partial charge in [-0.2, -0.15) is 0 Å². The molecule has 1 aromatic carbocycles. The van der Waals surface area contributed by atoms with Crippen molar-refractivity contribution < 1.29 is 18.7 Å². The highest BCUT2D eigenvalue weighted by Gasteiger charge is 2.31. The summed E-state index contributed by atoms with van der Waals surface area (Å²) in [4.78, 5) is 23.7. The van der Waals surface area contributed by atoms with Crippen LogP contribution in [0, 0.1) is 12.8 Å². The Labute approximate surface area is 123 Å². The monoisotopic (exact) mass is 293 g/mol. The molecule has 1 saturated heterocycles. The lowest BCUT2D eigenvalue weighted by Gasteiger charge is -2.33. The molecule has 1 aliphatic heterocycles. The van der Waals surface area contributed by atoms with Crippen molar-refractivity contribution in [3.63, 3.8) is 0 Å². The van der Waals surface area contributed by atoms with Crippen molar-refractivity contribution in [1.29, 1.82) is 0 Å². The Balaban J connectivity index is 1.81. The van der Waals surface area contributed by atoms with E-state index in [1.165, 1.54) is 4.90 Å². The summed E-state index contributed by atoms with van der Waals surface area (Å²) in [5.74, 6) is -0.274. The lowest BCUT2D eigenvalue weighted by atomic mass is 9.93. The number of alkyl halides is 1. The van der Waals surface area contributed by atoms with Gasteiger partial charge in [-0.3, -0.25) is 0 Å². The molecule has 2 atom stereocenters. The van der Waals surface area contributed by atoms with Gasteiger partial charge in [-0.1, -0.05) is 29.8 Å². The first kappa shape index (κ1) is 15.5. The number of likely N-dealkylation sites (tertiary alicyclic amines) is 1. The maximum atomic E-state index is 13.8. The molecule has 0 bridgehead atoms. The third-order valence-corrected chi connectivity index (χ3v) is 3.82. The lowest BCUT2D eigenvalue weighted by molar-refractivity contribution is -0.109. The minimum Gasteiger partial charge on any atom is -0.445 e. The maximum Gasteiger partial charge on any atom is 0.410 e. The van der Waals surface area contributed by atoms with E-state index in [-0.39, 0.29) is 25.5 Å². The minimum absolute atomic E-state index is 0.00520. The molecule has 1 heterocycles. The molecule has 21 heavy (non-hydrogen) atoms. The summed E-state index contributed by atoms with van der Waals surface area (Å²) in [7, 11) is 0. The molecule has 0 saturated carbocycles. The fraction of sp³-hybridized carbons (Fsp3) is 0.500. The van der Waals surface area contributed by atoms with Crippen molar-refractivity contribution in [3.8, 4) is 0 Å². The maximum absolute atomic E-state index is 13.8. The number of nitrogens with zero attached hydrogens (tertiary/aromatic N) is 1. The third kappa shape index (κ3) is 4.28. The van der Waals surface area contributed by atoms with Crippen molar-refractivity contribution in [3.05, 3.63) is 35.4 Å². The van der Waals surface area contributed by atoms with E-state index in [9.17, 15) is 14.0 Å². The summed E-state index contributed by atoms with van der Waals surface area (Å²) in [5, 5.41) is 0. The lowest BCUT2D eigenvalue weighted by Crippen LogP contribution is -2.45. The van der Waals surface area contributed by atoms with Gasteiger partial charge in [-0.25, -0.2) is 9.18 Å². The van der Waals surface area contributed by atoms with Crippen molar-refractivity contribution in [2.24, 2.45) is 5.92 Å². The van der Waals surface area contributed by atoms with Crippen molar-refractivity contribution in [2.45, 2.75) is 32.5 Å².